The van der Waals surface area contributed by atoms with Crippen molar-refractivity contribution < 1.29 is 14.4 Å². The summed E-state index contributed by atoms with van der Waals surface area (Å²) in [5.41, 5.74) is 2.94. The molecule has 28 heavy (non-hydrogen) atoms. The maximum absolute atomic E-state index is 12.7. The number of aryl methyl sites for hydroxylation is 2. The van der Waals surface area contributed by atoms with Crippen LogP contribution in [0.3, 0.4) is 0 Å². The number of nitrogens with one attached hydrogen (secondary N) is 2. The predicted molar refractivity (Wildman–Crippen MR) is 111 cm³/mol. The van der Waals surface area contributed by atoms with Gasteiger partial charge in [-0.2, -0.15) is 0 Å². The first-order valence-electron chi connectivity index (χ1n) is 9.40. The summed E-state index contributed by atoms with van der Waals surface area (Å²) in [7, 11) is 2.09. The Kier molecular flexibility index (Phi) is 5.96. The molecule has 0 bridgehead atoms. The summed E-state index contributed by atoms with van der Waals surface area (Å²) >= 11 is 1.22. The number of carbonyl (C=O) groups excluding carboxylic acids is 1. The molecule has 3 rings (SSSR count). The Hall–Kier alpha value is -2.51. The van der Waals surface area contributed by atoms with Gasteiger partial charge in [0.05, 0.1) is 19.0 Å². The van der Waals surface area contributed by atoms with E-state index in [9.17, 15) is 9.59 Å². The lowest BCUT2D eigenvalue weighted by molar-refractivity contribution is -0.924. The largest absolute Gasteiger partial charge is 0.462 e. The molecule has 7 heteroatoms. The van der Waals surface area contributed by atoms with Crippen LogP contribution in [-0.2, 0) is 11.3 Å². The van der Waals surface area contributed by atoms with Crippen LogP contribution in [0.2, 0.25) is 0 Å². The highest BCUT2D eigenvalue weighted by Crippen LogP contribution is 2.28. The first-order valence-corrected chi connectivity index (χ1v) is 10.2. The Morgan fingerprint density at radius 1 is 1.32 bits per heavy atom. The van der Waals surface area contributed by atoms with Crippen LogP contribution in [0.5, 0.6) is 0 Å². The zero-order valence-corrected chi connectivity index (χ0v) is 17.7. The monoisotopic (exact) mass is 400 g/mol. The number of hydrogen-bond donors (Lipinski definition) is 2. The summed E-state index contributed by atoms with van der Waals surface area (Å²) in [5.74, 6) is 0.222. The maximum Gasteiger partial charge on any atom is 0.348 e. The molecule has 6 nitrogen and oxygen atoms in total. The lowest BCUT2D eigenvalue weighted by Crippen LogP contribution is -3.07. The average molecular weight is 401 g/mol. The SMILES string of the molecule is CCOC(=O)c1sc2nc([C@H](C)[NH+](C)Cc3ccccc3C)[nH]c(=O)c2c1C. The third kappa shape index (κ3) is 3.86. The van der Waals surface area contributed by atoms with Crippen LogP contribution in [0.25, 0.3) is 10.2 Å². The van der Waals surface area contributed by atoms with Crippen molar-refractivity contribution >= 4 is 27.5 Å². The minimum atomic E-state index is -0.403. The van der Waals surface area contributed by atoms with Gasteiger partial charge in [0.15, 0.2) is 5.82 Å². The van der Waals surface area contributed by atoms with Crippen molar-refractivity contribution in [2.24, 2.45) is 0 Å². The van der Waals surface area contributed by atoms with Gasteiger partial charge < -0.3 is 14.6 Å². The summed E-state index contributed by atoms with van der Waals surface area (Å²) < 4.78 is 5.10. The van der Waals surface area contributed by atoms with Crippen molar-refractivity contribution in [2.75, 3.05) is 13.7 Å². The molecular formula is C21H26N3O3S+. The zero-order valence-electron chi connectivity index (χ0n) is 16.9. The number of esters is 1. The number of fused-ring (bicyclic) bond motifs is 1. The third-order valence-corrected chi connectivity index (χ3v) is 6.33. The van der Waals surface area contributed by atoms with Crippen LogP contribution >= 0.6 is 11.3 Å². The van der Waals surface area contributed by atoms with E-state index in [-0.39, 0.29) is 11.6 Å². The van der Waals surface area contributed by atoms with E-state index in [1.54, 1.807) is 13.8 Å². The van der Waals surface area contributed by atoms with Gasteiger partial charge in [-0.15, -0.1) is 11.3 Å². The van der Waals surface area contributed by atoms with Crippen molar-refractivity contribution in [1.29, 1.82) is 0 Å². The number of hydrogen-bond acceptors (Lipinski definition) is 5. The summed E-state index contributed by atoms with van der Waals surface area (Å²) in [6.07, 6.45) is 0. The van der Waals surface area contributed by atoms with E-state index in [2.05, 4.69) is 36.1 Å². The number of rotatable bonds is 6. The van der Waals surface area contributed by atoms with Gasteiger partial charge in [-0.1, -0.05) is 24.3 Å². The second-order valence-corrected chi connectivity index (χ2v) is 8.08. The Balaban J connectivity index is 1.93. The molecule has 2 heterocycles. The van der Waals surface area contributed by atoms with E-state index < -0.39 is 5.97 Å². The van der Waals surface area contributed by atoms with Gasteiger partial charge in [0.1, 0.15) is 22.3 Å². The molecule has 0 saturated heterocycles. The minimum absolute atomic E-state index is 0.00912. The van der Waals surface area contributed by atoms with E-state index >= 15 is 0 Å². The van der Waals surface area contributed by atoms with E-state index in [0.29, 0.717) is 33.1 Å². The second kappa shape index (κ2) is 8.24. The smallest absolute Gasteiger partial charge is 0.348 e. The van der Waals surface area contributed by atoms with Gasteiger partial charge in [0.2, 0.25) is 0 Å². The van der Waals surface area contributed by atoms with Crippen molar-refractivity contribution in [1.82, 2.24) is 9.97 Å². The molecule has 2 aromatic heterocycles. The Morgan fingerprint density at radius 3 is 2.71 bits per heavy atom. The van der Waals surface area contributed by atoms with Crippen molar-refractivity contribution in [2.45, 2.75) is 40.3 Å². The molecule has 1 unspecified atom stereocenters. The normalized spacial score (nSPS) is 13.5. The summed E-state index contributed by atoms with van der Waals surface area (Å²) in [6, 6.07) is 8.29. The first-order chi connectivity index (χ1) is 13.3. The van der Waals surface area contributed by atoms with Crippen LogP contribution in [0.4, 0.5) is 0 Å². The standard InChI is InChI=1S/C21H25N3O3S/c1-6-27-21(26)17-13(3)16-19(25)22-18(23-20(16)28-17)14(4)24(5)11-15-10-8-7-9-12(15)2/h7-10,14H,6,11H2,1-5H3,(H,22,23,25)/p+1/t14-/m0/s1. The molecule has 3 aromatic rings. The number of carbonyl (C=O) groups is 1. The molecule has 0 aliphatic heterocycles. The van der Waals surface area contributed by atoms with Crippen molar-refractivity contribution in [3.05, 3.63) is 62.0 Å². The molecule has 0 spiro atoms. The molecule has 0 aliphatic rings. The molecule has 2 atom stereocenters. The molecular weight excluding hydrogens is 374 g/mol. The van der Waals surface area contributed by atoms with E-state index in [0.717, 1.165) is 6.54 Å². The zero-order chi connectivity index (χ0) is 20.4. The summed E-state index contributed by atoms with van der Waals surface area (Å²) in [4.78, 5) is 34.7. The van der Waals surface area contributed by atoms with Gasteiger partial charge in [-0.3, -0.25) is 4.79 Å². The number of ether oxygens (including phenoxy) is 1. The molecule has 0 amide bonds. The van der Waals surface area contributed by atoms with E-state index in [1.165, 1.54) is 27.4 Å². The second-order valence-electron chi connectivity index (χ2n) is 7.08. The molecule has 1 aromatic carbocycles. The number of quaternary nitrogens is 1. The highest BCUT2D eigenvalue weighted by Gasteiger charge is 2.24. The topological polar surface area (TPSA) is 76.5 Å². The number of benzene rings is 1. The lowest BCUT2D eigenvalue weighted by Gasteiger charge is -2.21. The highest BCUT2D eigenvalue weighted by molar-refractivity contribution is 7.20. The Labute approximate surface area is 168 Å². The Bertz CT molecular complexity index is 1070. The first kappa shape index (κ1) is 20.2. The summed E-state index contributed by atoms with van der Waals surface area (Å²) in [5, 5.41) is 0.473. The third-order valence-electron chi connectivity index (χ3n) is 5.16. The van der Waals surface area contributed by atoms with Crippen LogP contribution in [0.15, 0.2) is 29.1 Å². The molecule has 0 aliphatic carbocycles. The molecule has 148 valence electrons. The maximum atomic E-state index is 12.7. The van der Waals surface area contributed by atoms with Crippen LogP contribution in [-0.4, -0.2) is 29.6 Å². The van der Waals surface area contributed by atoms with E-state index in [4.69, 9.17) is 4.74 Å². The van der Waals surface area contributed by atoms with Gasteiger partial charge in [0, 0.05) is 5.56 Å². The van der Waals surface area contributed by atoms with Gasteiger partial charge in [-0.05, 0) is 38.8 Å². The number of nitrogens with zero attached hydrogens (tertiary/aromatic N) is 1. The molecule has 2 N–H and O–H groups in total. The number of aromatic amines is 1. The van der Waals surface area contributed by atoms with Gasteiger partial charge in [-0.25, -0.2) is 9.78 Å². The number of thiophene rings is 1. The van der Waals surface area contributed by atoms with Crippen molar-refractivity contribution in [3.8, 4) is 0 Å². The fourth-order valence-electron chi connectivity index (χ4n) is 3.25. The quantitative estimate of drug-likeness (QED) is 0.624. The molecule has 0 saturated carbocycles. The molecule has 0 fully saturated rings. The minimum Gasteiger partial charge on any atom is -0.462 e. The number of aromatic nitrogens is 2. The van der Waals surface area contributed by atoms with Crippen molar-refractivity contribution in [3.63, 3.8) is 0 Å². The lowest BCUT2D eigenvalue weighted by atomic mass is 10.1. The number of H-pyrrole nitrogens is 1. The van der Waals surface area contributed by atoms with Gasteiger partial charge in [0.25, 0.3) is 5.56 Å². The van der Waals surface area contributed by atoms with Crippen LogP contribution < -0.4 is 10.5 Å². The Morgan fingerprint density at radius 2 is 2.04 bits per heavy atom. The van der Waals surface area contributed by atoms with E-state index in [1.807, 2.05) is 19.1 Å². The summed E-state index contributed by atoms with van der Waals surface area (Å²) in [6.45, 7) is 8.80. The molecule has 0 radical (unpaired) electrons. The average Bonchev–Trinajstić information content (AvgIpc) is 3.00. The highest BCUT2D eigenvalue weighted by atomic mass is 32.1. The fraction of sp³-hybridized carbons (Fsp3) is 0.381. The fourth-order valence-corrected chi connectivity index (χ4v) is 4.33. The van der Waals surface area contributed by atoms with Crippen LogP contribution in [0.1, 0.15) is 52.1 Å². The predicted octanol–water partition coefficient (Wildman–Crippen LogP) is 2.55. The van der Waals surface area contributed by atoms with Crippen LogP contribution in [0, 0.1) is 13.8 Å². The van der Waals surface area contributed by atoms with Gasteiger partial charge >= 0.3 is 5.97 Å².